The first-order chi connectivity index (χ1) is 13.9. The fourth-order valence-corrected chi connectivity index (χ4v) is 5.22. The first-order valence-corrected chi connectivity index (χ1v) is 11.8. The highest BCUT2D eigenvalue weighted by molar-refractivity contribution is 14.1. The summed E-state index contributed by atoms with van der Waals surface area (Å²) in [4.78, 5) is 19.3. The van der Waals surface area contributed by atoms with Crippen LogP contribution in [0.3, 0.4) is 0 Å². The van der Waals surface area contributed by atoms with Crippen LogP contribution in [0.2, 0.25) is 0 Å². The minimum atomic E-state index is -0.0376. The normalized spacial score (nSPS) is 16.4. The first kappa shape index (κ1) is 22.3. The minimum absolute atomic E-state index is 0.0271. The molecule has 1 atom stereocenters. The second-order valence-corrected chi connectivity index (χ2v) is 9.63. The van der Waals surface area contributed by atoms with Gasteiger partial charge in [0.25, 0.3) is 5.91 Å². The Balaban J connectivity index is 2.00. The number of benzene rings is 2. The number of aryl methyl sites for hydroxylation is 2. The minimum Gasteiger partial charge on any atom is -0.375 e. The molecule has 0 spiro atoms. The molecule has 1 heterocycles. The molecule has 6 heteroatoms. The van der Waals surface area contributed by atoms with E-state index < -0.39 is 0 Å². The van der Waals surface area contributed by atoms with Crippen molar-refractivity contribution in [1.29, 1.82) is 0 Å². The Morgan fingerprint density at radius 2 is 1.97 bits per heavy atom. The van der Waals surface area contributed by atoms with Crippen molar-refractivity contribution in [2.75, 3.05) is 26.0 Å². The molecule has 1 fully saturated rings. The zero-order valence-corrected chi connectivity index (χ0v) is 20.3. The number of ether oxygens (including phenoxy) is 1. The molecule has 0 radical (unpaired) electrons. The number of carbonyl (C=O) groups excluding carboxylic acids is 1. The molecule has 1 amide bonds. The number of rotatable bonds is 6. The molecular weight excluding hydrogens is 495 g/mol. The molecule has 1 saturated heterocycles. The predicted molar refractivity (Wildman–Crippen MR) is 130 cm³/mol. The van der Waals surface area contributed by atoms with Gasteiger partial charge in [0.2, 0.25) is 0 Å². The highest BCUT2D eigenvalue weighted by Gasteiger charge is 2.27. The van der Waals surface area contributed by atoms with Gasteiger partial charge in [-0.2, -0.15) is 0 Å². The average Bonchev–Trinajstić information content (AvgIpc) is 3.11. The van der Waals surface area contributed by atoms with Gasteiger partial charge in [0.15, 0.2) is 5.17 Å². The maximum atomic E-state index is 12.4. The van der Waals surface area contributed by atoms with Crippen molar-refractivity contribution >= 4 is 45.4 Å². The van der Waals surface area contributed by atoms with Gasteiger partial charge in [0.05, 0.1) is 6.04 Å². The second kappa shape index (κ2) is 10.1. The van der Waals surface area contributed by atoms with Gasteiger partial charge in [-0.25, -0.2) is 0 Å². The van der Waals surface area contributed by atoms with Crippen LogP contribution in [0.1, 0.15) is 33.9 Å². The Morgan fingerprint density at radius 1 is 1.24 bits per heavy atom. The van der Waals surface area contributed by atoms with Crippen LogP contribution in [0.4, 0.5) is 0 Å². The number of aliphatic imine (C=N–C) groups is 1. The Hall–Kier alpha value is -1.38. The Morgan fingerprint density at radius 3 is 2.66 bits per heavy atom. The number of hydrogen-bond donors (Lipinski definition) is 0. The maximum absolute atomic E-state index is 12.4. The topological polar surface area (TPSA) is 41.9 Å². The lowest BCUT2D eigenvalue weighted by atomic mass is 9.94. The van der Waals surface area contributed by atoms with Crippen LogP contribution in [-0.4, -0.2) is 42.0 Å². The van der Waals surface area contributed by atoms with E-state index in [0.717, 1.165) is 17.3 Å². The maximum Gasteiger partial charge on any atom is 0.254 e. The van der Waals surface area contributed by atoms with Gasteiger partial charge >= 0.3 is 0 Å². The lowest BCUT2D eigenvalue weighted by Gasteiger charge is -2.21. The molecular formula is C23H27IN2O2S. The van der Waals surface area contributed by atoms with Crippen molar-refractivity contribution in [3.8, 4) is 0 Å². The van der Waals surface area contributed by atoms with Gasteiger partial charge in [-0.05, 0) is 72.5 Å². The van der Waals surface area contributed by atoms with Crippen molar-refractivity contribution in [1.82, 2.24) is 4.90 Å². The summed E-state index contributed by atoms with van der Waals surface area (Å²) in [5.41, 5.74) is 6.27. The van der Waals surface area contributed by atoms with Gasteiger partial charge in [0.1, 0.15) is 6.61 Å². The van der Waals surface area contributed by atoms with E-state index in [0.29, 0.717) is 6.54 Å². The molecule has 1 aliphatic rings. The molecule has 1 unspecified atom stereocenters. The van der Waals surface area contributed by atoms with Crippen molar-refractivity contribution in [2.24, 2.45) is 4.99 Å². The molecule has 0 aliphatic carbocycles. The van der Waals surface area contributed by atoms with Crippen molar-refractivity contribution in [3.63, 3.8) is 0 Å². The largest absolute Gasteiger partial charge is 0.375 e. The smallest absolute Gasteiger partial charge is 0.254 e. The van der Waals surface area contributed by atoms with Crippen LogP contribution >= 0.6 is 34.4 Å². The van der Waals surface area contributed by atoms with Crippen LogP contribution in [0.25, 0.3) is 0 Å². The molecule has 154 valence electrons. The Labute approximate surface area is 191 Å². The fourth-order valence-electron chi connectivity index (χ4n) is 3.70. The molecule has 0 aromatic heterocycles. The van der Waals surface area contributed by atoms with Crippen molar-refractivity contribution in [3.05, 3.63) is 67.8 Å². The fraction of sp³-hybridized carbons (Fsp3) is 0.391. The molecule has 1 aliphatic heterocycles. The van der Waals surface area contributed by atoms with Crippen LogP contribution in [0.5, 0.6) is 0 Å². The third-order valence-corrected chi connectivity index (χ3v) is 7.13. The van der Waals surface area contributed by atoms with E-state index in [9.17, 15) is 4.79 Å². The second-order valence-electron chi connectivity index (χ2n) is 7.41. The summed E-state index contributed by atoms with van der Waals surface area (Å²) < 4.78 is 6.29. The molecule has 0 saturated carbocycles. The number of amides is 1. The number of methoxy groups -OCH3 is 1. The zero-order valence-electron chi connectivity index (χ0n) is 17.4. The Bertz CT molecular complexity index is 909. The van der Waals surface area contributed by atoms with Gasteiger partial charge < -0.3 is 4.74 Å². The molecule has 4 nitrogen and oxygen atoms in total. The number of halogens is 1. The molecule has 0 bridgehead atoms. The highest BCUT2D eigenvalue weighted by Crippen LogP contribution is 2.31. The summed E-state index contributed by atoms with van der Waals surface area (Å²) in [7, 11) is 1.55. The van der Waals surface area contributed by atoms with E-state index in [4.69, 9.17) is 9.73 Å². The molecule has 0 N–H and O–H groups in total. The number of nitrogens with zero attached hydrogens (tertiary/aromatic N) is 2. The van der Waals surface area contributed by atoms with Crippen molar-refractivity contribution < 1.29 is 9.53 Å². The van der Waals surface area contributed by atoms with Crippen LogP contribution in [0, 0.1) is 24.3 Å². The summed E-state index contributed by atoms with van der Waals surface area (Å²) in [5, 5.41) is 0.805. The molecule has 2 aromatic rings. The van der Waals surface area contributed by atoms with Crippen LogP contribution in [0.15, 0.2) is 41.4 Å². The third kappa shape index (κ3) is 5.61. The van der Waals surface area contributed by atoms with E-state index in [1.54, 1.807) is 23.8 Å². The van der Waals surface area contributed by atoms with Crippen LogP contribution in [-0.2, 0) is 16.0 Å². The standard InChI is InChI=1S/C23H27IN2O2S/c1-15-10-16(2)12-18(11-15)13-21(19-6-5-7-20(24)17(19)3)25-23-26(8-9-29-23)22(27)14-28-4/h5-7,10-12,21H,8-9,13-14H2,1-4H3/b25-23+. The lowest BCUT2D eigenvalue weighted by Crippen LogP contribution is -2.34. The van der Waals surface area contributed by atoms with Gasteiger partial charge in [-0.3, -0.25) is 14.7 Å². The number of thioether (sulfide) groups is 1. The number of carbonyl (C=O) groups is 1. The quantitative estimate of drug-likeness (QED) is 0.498. The first-order valence-electron chi connectivity index (χ1n) is 9.71. The van der Waals surface area contributed by atoms with E-state index >= 15 is 0 Å². The third-order valence-electron chi connectivity index (χ3n) is 4.99. The summed E-state index contributed by atoms with van der Waals surface area (Å²) in [5.74, 6) is 0.844. The summed E-state index contributed by atoms with van der Waals surface area (Å²) in [6, 6.07) is 13.0. The van der Waals surface area contributed by atoms with Crippen LogP contribution < -0.4 is 0 Å². The predicted octanol–water partition coefficient (Wildman–Crippen LogP) is 5.08. The summed E-state index contributed by atoms with van der Waals surface area (Å²) in [6.45, 7) is 7.19. The van der Waals surface area contributed by atoms with E-state index in [1.807, 2.05) is 0 Å². The van der Waals surface area contributed by atoms with Gasteiger partial charge in [0, 0.05) is 23.0 Å². The molecule has 2 aromatic carbocycles. The average molecular weight is 522 g/mol. The van der Waals surface area contributed by atoms with Gasteiger partial charge in [-0.1, -0.05) is 53.2 Å². The van der Waals surface area contributed by atoms with E-state index in [2.05, 4.69) is 79.8 Å². The van der Waals surface area contributed by atoms with E-state index in [1.165, 1.54) is 31.4 Å². The lowest BCUT2D eigenvalue weighted by molar-refractivity contribution is -0.130. The zero-order chi connectivity index (χ0) is 21.0. The van der Waals surface area contributed by atoms with E-state index in [-0.39, 0.29) is 18.6 Å². The summed E-state index contributed by atoms with van der Waals surface area (Å²) >= 11 is 4.03. The number of amidine groups is 1. The monoisotopic (exact) mass is 522 g/mol. The number of hydrogen-bond acceptors (Lipinski definition) is 4. The SMILES string of the molecule is COCC(=O)N1CCS/C1=N/C(Cc1cc(C)cc(C)c1)c1cccc(I)c1C. The highest BCUT2D eigenvalue weighted by atomic mass is 127. The Kier molecular flexibility index (Phi) is 7.76. The van der Waals surface area contributed by atoms with Crippen molar-refractivity contribution in [2.45, 2.75) is 33.2 Å². The molecule has 3 rings (SSSR count). The molecule has 29 heavy (non-hydrogen) atoms. The van der Waals surface area contributed by atoms with Gasteiger partial charge in [-0.15, -0.1) is 0 Å². The summed E-state index contributed by atoms with van der Waals surface area (Å²) in [6.07, 6.45) is 0.805.